The minimum Gasteiger partial charge on any atom is -0.396 e. The molecule has 5 heteroatoms. The molecule has 0 saturated carbocycles. The summed E-state index contributed by atoms with van der Waals surface area (Å²) in [6.07, 6.45) is 0.300. The highest BCUT2D eigenvalue weighted by atomic mass is 19.1. The minimum atomic E-state index is -0.374. The monoisotopic (exact) mass is 268 g/mol. The first-order chi connectivity index (χ1) is 9.01. The molecule has 0 aromatic heterocycles. The van der Waals surface area contributed by atoms with Crippen LogP contribution in [-0.4, -0.2) is 30.2 Å². The summed E-state index contributed by atoms with van der Waals surface area (Å²) in [5.74, 6) is -0.378. The Balaban J connectivity index is 2.34. The van der Waals surface area contributed by atoms with Crippen molar-refractivity contribution < 1.29 is 14.3 Å². The molecule has 0 aliphatic rings. The van der Waals surface area contributed by atoms with E-state index in [0.29, 0.717) is 18.7 Å². The average molecular weight is 268 g/mol. The molecule has 0 saturated heterocycles. The van der Waals surface area contributed by atoms with Crippen LogP contribution in [0.2, 0.25) is 0 Å². The second-order valence-electron chi connectivity index (χ2n) is 4.86. The third-order valence-electron chi connectivity index (χ3n) is 2.73. The molecule has 3 N–H and O–H groups in total. The van der Waals surface area contributed by atoms with E-state index in [4.69, 9.17) is 5.11 Å². The molecule has 1 aromatic rings. The zero-order valence-electron chi connectivity index (χ0n) is 11.3. The number of nitrogens with one attached hydrogen (secondary N) is 2. The van der Waals surface area contributed by atoms with E-state index in [1.54, 1.807) is 12.1 Å². The molecular weight excluding hydrogens is 247 g/mol. The Morgan fingerprint density at radius 1 is 1.42 bits per heavy atom. The van der Waals surface area contributed by atoms with Crippen molar-refractivity contribution in [2.75, 3.05) is 18.5 Å². The Morgan fingerprint density at radius 3 is 2.79 bits per heavy atom. The first kappa shape index (κ1) is 15.6. The van der Waals surface area contributed by atoms with Crippen LogP contribution in [0, 0.1) is 11.7 Å². The lowest BCUT2D eigenvalue weighted by Gasteiger charge is -2.16. The summed E-state index contributed by atoms with van der Waals surface area (Å²) in [6.45, 7) is 4.60. The molecule has 0 spiro atoms. The number of carbonyl (C=O) groups is 1. The molecule has 1 aromatic carbocycles. The number of aliphatic hydroxyl groups excluding tert-OH is 1. The number of halogens is 1. The molecule has 0 aliphatic carbocycles. The molecule has 4 nitrogen and oxygen atoms in total. The van der Waals surface area contributed by atoms with Crippen LogP contribution in [-0.2, 0) is 4.79 Å². The van der Waals surface area contributed by atoms with E-state index in [-0.39, 0.29) is 30.3 Å². The van der Waals surface area contributed by atoms with Gasteiger partial charge in [0.25, 0.3) is 0 Å². The lowest BCUT2D eigenvalue weighted by atomic mass is 10.1. The SMILES string of the molecule is CC(CO)CNC(C)CC(=O)Nc1cccc(F)c1. The van der Waals surface area contributed by atoms with Crippen LogP contribution >= 0.6 is 0 Å². The lowest BCUT2D eigenvalue weighted by molar-refractivity contribution is -0.116. The van der Waals surface area contributed by atoms with Gasteiger partial charge in [-0.3, -0.25) is 4.79 Å². The largest absolute Gasteiger partial charge is 0.396 e. The van der Waals surface area contributed by atoms with E-state index in [1.807, 2.05) is 13.8 Å². The zero-order chi connectivity index (χ0) is 14.3. The Bertz CT molecular complexity index is 412. The second-order valence-corrected chi connectivity index (χ2v) is 4.86. The van der Waals surface area contributed by atoms with Gasteiger partial charge in [-0.2, -0.15) is 0 Å². The number of rotatable bonds is 7. The third kappa shape index (κ3) is 6.31. The molecule has 0 radical (unpaired) electrons. The second kappa shape index (κ2) is 7.86. The third-order valence-corrected chi connectivity index (χ3v) is 2.73. The minimum absolute atomic E-state index is 0.00237. The fourth-order valence-electron chi connectivity index (χ4n) is 1.60. The van der Waals surface area contributed by atoms with Crippen molar-refractivity contribution >= 4 is 11.6 Å². The highest BCUT2D eigenvalue weighted by Crippen LogP contribution is 2.09. The molecule has 1 rings (SSSR count). The molecule has 1 amide bonds. The van der Waals surface area contributed by atoms with Crippen molar-refractivity contribution in [2.24, 2.45) is 5.92 Å². The van der Waals surface area contributed by atoms with Gasteiger partial charge in [-0.05, 0) is 31.0 Å². The Hall–Kier alpha value is -1.46. The molecule has 0 aliphatic heterocycles. The van der Waals surface area contributed by atoms with Crippen LogP contribution in [0.1, 0.15) is 20.3 Å². The maximum Gasteiger partial charge on any atom is 0.225 e. The van der Waals surface area contributed by atoms with Gasteiger partial charge in [0.2, 0.25) is 5.91 Å². The van der Waals surface area contributed by atoms with E-state index in [2.05, 4.69) is 10.6 Å². The predicted molar refractivity (Wildman–Crippen MR) is 73.4 cm³/mol. The smallest absolute Gasteiger partial charge is 0.225 e. The number of anilines is 1. The number of hydrogen-bond donors (Lipinski definition) is 3. The van der Waals surface area contributed by atoms with Crippen LogP contribution in [0.5, 0.6) is 0 Å². The lowest BCUT2D eigenvalue weighted by Crippen LogP contribution is -2.34. The zero-order valence-corrected chi connectivity index (χ0v) is 11.3. The standard InChI is InChI=1S/C14H21FN2O2/c1-10(9-18)8-16-11(2)6-14(19)17-13-5-3-4-12(15)7-13/h3-5,7,10-11,16,18H,6,8-9H2,1-2H3,(H,17,19). The average Bonchev–Trinajstić information content (AvgIpc) is 2.35. The Morgan fingerprint density at radius 2 is 2.16 bits per heavy atom. The normalized spacial score (nSPS) is 13.9. The van der Waals surface area contributed by atoms with E-state index in [9.17, 15) is 9.18 Å². The van der Waals surface area contributed by atoms with Crippen molar-refractivity contribution in [1.29, 1.82) is 0 Å². The van der Waals surface area contributed by atoms with E-state index < -0.39 is 0 Å². The Kier molecular flexibility index (Phi) is 6.45. The van der Waals surface area contributed by atoms with Crippen LogP contribution in [0.15, 0.2) is 24.3 Å². The highest BCUT2D eigenvalue weighted by molar-refractivity contribution is 5.91. The first-order valence-electron chi connectivity index (χ1n) is 6.41. The van der Waals surface area contributed by atoms with Crippen molar-refractivity contribution in [3.8, 4) is 0 Å². The number of benzene rings is 1. The van der Waals surface area contributed by atoms with Gasteiger partial charge in [0, 0.05) is 31.3 Å². The summed E-state index contributed by atoms with van der Waals surface area (Å²) in [5.41, 5.74) is 0.459. The molecule has 2 unspecified atom stereocenters. The number of hydrogen-bond acceptors (Lipinski definition) is 3. The highest BCUT2D eigenvalue weighted by Gasteiger charge is 2.10. The van der Waals surface area contributed by atoms with Crippen LogP contribution in [0.3, 0.4) is 0 Å². The van der Waals surface area contributed by atoms with E-state index in [1.165, 1.54) is 12.1 Å². The fourth-order valence-corrected chi connectivity index (χ4v) is 1.60. The first-order valence-corrected chi connectivity index (χ1v) is 6.41. The molecule has 0 bridgehead atoms. The van der Waals surface area contributed by atoms with Gasteiger partial charge < -0.3 is 15.7 Å². The van der Waals surface area contributed by atoms with E-state index in [0.717, 1.165) is 0 Å². The van der Waals surface area contributed by atoms with Gasteiger partial charge in [-0.1, -0.05) is 13.0 Å². The predicted octanol–water partition coefficient (Wildman–Crippen LogP) is 1.76. The van der Waals surface area contributed by atoms with Crippen molar-refractivity contribution in [2.45, 2.75) is 26.3 Å². The van der Waals surface area contributed by atoms with Gasteiger partial charge in [-0.15, -0.1) is 0 Å². The molecule has 0 fully saturated rings. The molecule has 0 heterocycles. The summed E-state index contributed by atoms with van der Waals surface area (Å²) < 4.78 is 12.9. The van der Waals surface area contributed by atoms with Crippen LogP contribution in [0.4, 0.5) is 10.1 Å². The Labute approximate surface area is 113 Å². The topological polar surface area (TPSA) is 61.4 Å². The van der Waals surface area contributed by atoms with Gasteiger partial charge in [0.15, 0.2) is 0 Å². The molecule has 106 valence electrons. The van der Waals surface area contributed by atoms with Crippen LogP contribution in [0.25, 0.3) is 0 Å². The van der Waals surface area contributed by atoms with E-state index >= 15 is 0 Å². The van der Waals surface area contributed by atoms with Gasteiger partial charge in [0.1, 0.15) is 5.82 Å². The summed E-state index contributed by atoms with van der Waals surface area (Å²) in [7, 11) is 0. The van der Waals surface area contributed by atoms with Crippen molar-refractivity contribution in [3.05, 3.63) is 30.1 Å². The molecular formula is C14H21FN2O2. The van der Waals surface area contributed by atoms with Crippen molar-refractivity contribution in [1.82, 2.24) is 5.32 Å². The van der Waals surface area contributed by atoms with Gasteiger partial charge in [-0.25, -0.2) is 4.39 Å². The summed E-state index contributed by atoms with van der Waals surface area (Å²) in [6, 6.07) is 5.81. The maximum atomic E-state index is 12.9. The van der Waals surface area contributed by atoms with Crippen molar-refractivity contribution in [3.63, 3.8) is 0 Å². The quantitative estimate of drug-likeness (QED) is 0.706. The number of carbonyl (C=O) groups excluding carboxylic acids is 1. The summed E-state index contributed by atoms with van der Waals surface area (Å²) in [5, 5.41) is 14.7. The molecule has 19 heavy (non-hydrogen) atoms. The van der Waals surface area contributed by atoms with Crippen LogP contribution < -0.4 is 10.6 Å². The number of aliphatic hydroxyl groups is 1. The summed E-state index contributed by atoms with van der Waals surface area (Å²) >= 11 is 0. The molecule has 2 atom stereocenters. The summed E-state index contributed by atoms with van der Waals surface area (Å²) in [4.78, 5) is 11.7. The fraction of sp³-hybridized carbons (Fsp3) is 0.500. The maximum absolute atomic E-state index is 12.9. The van der Waals surface area contributed by atoms with Gasteiger partial charge >= 0.3 is 0 Å². The van der Waals surface area contributed by atoms with Gasteiger partial charge in [0.05, 0.1) is 0 Å². The number of amides is 1.